The van der Waals surface area contributed by atoms with Gasteiger partial charge in [0, 0.05) is 13.0 Å². The van der Waals surface area contributed by atoms with Gasteiger partial charge in [-0.1, -0.05) is 24.6 Å². The van der Waals surface area contributed by atoms with Crippen LogP contribution in [-0.4, -0.2) is 44.3 Å². The smallest absolute Gasteiger partial charge is 0.214 e. The van der Waals surface area contributed by atoms with Crippen molar-refractivity contribution in [1.82, 2.24) is 4.90 Å². The van der Waals surface area contributed by atoms with E-state index in [1.165, 1.54) is 36.7 Å². The molecule has 0 bridgehead atoms. The molecule has 178 valence electrons. The standard InChI is InChI=1S/C26H33FN2O3S/c27-22-5-1-4-19(14-22)15-24-21(18-29-11-3-12-29)16-20-6-7-23(17-25(20)24)32-13-10-26(8-2-9-26)33(28,30)31/h1,4-7,14,17,21,24H,2-3,8-13,15-16,18H2,(H2,28,30,31). The van der Waals surface area contributed by atoms with Crippen LogP contribution in [0.2, 0.25) is 0 Å². The molecule has 2 aliphatic carbocycles. The highest BCUT2D eigenvalue weighted by Crippen LogP contribution is 2.43. The Labute approximate surface area is 196 Å². The summed E-state index contributed by atoms with van der Waals surface area (Å²) in [7, 11) is -3.57. The van der Waals surface area contributed by atoms with Crippen LogP contribution in [0.15, 0.2) is 42.5 Å². The van der Waals surface area contributed by atoms with Gasteiger partial charge in [0.05, 0.1) is 11.4 Å². The normalized spacial score (nSPS) is 24.1. The molecule has 5 rings (SSSR count). The van der Waals surface area contributed by atoms with Gasteiger partial charge in [0.1, 0.15) is 11.6 Å². The Kier molecular flexibility index (Phi) is 6.23. The van der Waals surface area contributed by atoms with Gasteiger partial charge in [-0.15, -0.1) is 0 Å². The predicted octanol–water partition coefficient (Wildman–Crippen LogP) is 4.01. The molecule has 1 saturated carbocycles. The Bertz CT molecular complexity index is 1110. The van der Waals surface area contributed by atoms with Crippen LogP contribution in [0.25, 0.3) is 0 Å². The zero-order valence-electron chi connectivity index (χ0n) is 19.0. The molecule has 1 heterocycles. The van der Waals surface area contributed by atoms with Gasteiger partial charge in [-0.05, 0) is 98.0 Å². The Hall–Kier alpha value is -1.96. The molecule has 0 amide bonds. The largest absolute Gasteiger partial charge is 0.494 e. The lowest BCUT2D eigenvalue weighted by molar-refractivity contribution is 0.145. The molecule has 2 aromatic rings. The maximum atomic E-state index is 13.8. The minimum Gasteiger partial charge on any atom is -0.494 e. The van der Waals surface area contributed by atoms with Crippen molar-refractivity contribution < 1.29 is 17.5 Å². The van der Waals surface area contributed by atoms with E-state index in [0.717, 1.165) is 37.1 Å². The lowest BCUT2D eigenvalue weighted by Crippen LogP contribution is -2.49. The first kappa shape index (κ1) is 22.8. The number of likely N-dealkylation sites (tertiary alicyclic amines) is 1. The number of rotatable bonds is 9. The Morgan fingerprint density at radius 1 is 1.12 bits per heavy atom. The number of nitrogens with zero attached hydrogens (tertiary/aromatic N) is 1. The van der Waals surface area contributed by atoms with Crippen LogP contribution < -0.4 is 9.88 Å². The van der Waals surface area contributed by atoms with Gasteiger partial charge in [0.2, 0.25) is 10.0 Å². The fraction of sp³-hybridized carbons (Fsp3) is 0.538. The number of hydrogen-bond donors (Lipinski definition) is 1. The highest BCUT2D eigenvalue weighted by Gasteiger charge is 2.46. The van der Waals surface area contributed by atoms with Crippen LogP contribution in [0.1, 0.15) is 54.7 Å². The van der Waals surface area contributed by atoms with E-state index < -0.39 is 14.8 Å². The molecule has 33 heavy (non-hydrogen) atoms. The topological polar surface area (TPSA) is 72.6 Å². The predicted molar refractivity (Wildman–Crippen MR) is 127 cm³/mol. The molecule has 2 aromatic carbocycles. The zero-order valence-corrected chi connectivity index (χ0v) is 19.8. The number of halogens is 1. The molecule has 2 N–H and O–H groups in total. The van der Waals surface area contributed by atoms with Crippen molar-refractivity contribution >= 4 is 10.0 Å². The highest BCUT2D eigenvalue weighted by molar-refractivity contribution is 7.90. The maximum Gasteiger partial charge on any atom is 0.214 e. The number of sulfonamides is 1. The minimum atomic E-state index is -3.57. The second-order valence-electron chi connectivity index (χ2n) is 10.1. The summed E-state index contributed by atoms with van der Waals surface area (Å²) in [6.07, 6.45) is 5.66. The molecule has 3 aliphatic rings. The van der Waals surface area contributed by atoms with Crippen LogP contribution in [0.5, 0.6) is 5.75 Å². The third-order valence-corrected chi connectivity index (χ3v) is 9.87. The summed E-state index contributed by atoms with van der Waals surface area (Å²) >= 11 is 0. The van der Waals surface area contributed by atoms with Gasteiger partial charge < -0.3 is 9.64 Å². The van der Waals surface area contributed by atoms with Crippen molar-refractivity contribution in [2.45, 2.75) is 55.6 Å². The number of fused-ring (bicyclic) bond motifs is 1. The van der Waals surface area contributed by atoms with Crippen LogP contribution in [-0.2, 0) is 22.9 Å². The first-order valence-electron chi connectivity index (χ1n) is 12.1. The molecule has 1 aliphatic heterocycles. The summed E-state index contributed by atoms with van der Waals surface area (Å²) in [5.41, 5.74) is 3.65. The Balaban J connectivity index is 1.32. The van der Waals surface area contributed by atoms with Crippen molar-refractivity contribution in [3.8, 4) is 5.75 Å². The molecule has 0 spiro atoms. The van der Waals surface area contributed by atoms with Crippen LogP contribution in [0, 0.1) is 11.7 Å². The van der Waals surface area contributed by atoms with Crippen LogP contribution in [0.3, 0.4) is 0 Å². The van der Waals surface area contributed by atoms with Gasteiger partial charge >= 0.3 is 0 Å². The maximum absolute atomic E-state index is 13.8. The highest BCUT2D eigenvalue weighted by atomic mass is 32.2. The monoisotopic (exact) mass is 472 g/mol. The number of ether oxygens (including phenoxy) is 1. The SMILES string of the molecule is NS(=O)(=O)C1(CCOc2ccc3c(c2)C(Cc2cccc(F)c2)C(CN2CCC2)C3)CCC1. The number of benzene rings is 2. The van der Waals surface area contributed by atoms with Crippen molar-refractivity contribution in [1.29, 1.82) is 0 Å². The van der Waals surface area contributed by atoms with Gasteiger partial charge in [-0.25, -0.2) is 17.9 Å². The van der Waals surface area contributed by atoms with E-state index in [4.69, 9.17) is 9.88 Å². The molecule has 0 aromatic heterocycles. The van der Waals surface area contributed by atoms with E-state index in [0.29, 0.717) is 37.7 Å². The molecule has 7 heteroatoms. The van der Waals surface area contributed by atoms with Gasteiger partial charge in [-0.2, -0.15) is 0 Å². The van der Waals surface area contributed by atoms with E-state index in [1.807, 2.05) is 12.1 Å². The van der Waals surface area contributed by atoms with Gasteiger partial charge in [0.25, 0.3) is 0 Å². The second-order valence-corrected chi connectivity index (χ2v) is 12.1. The molecule has 2 atom stereocenters. The number of primary sulfonamides is 1. The molecule has 0 radical (unpaired) electrons. The van der Waals surface area contributed by atoms with E-state index in [2.05, 4.69) is 17.0 Å². The second kappa shape index (κ2) is 9.01. The fourth-order valence-corrected chi connectivity index (χ4v) is 6.98. The van der Waals surface area contributed by atoms with Crippen molar-refractivity contribution in [2.24, 2.45) is 11.1 Å². The summed E-state index contributed by atoms with van der Waals surface area (Å²) in [6.45, 7) is 3.74. The number of hydrogen-bond acceptors (Lipinski definition) is 4. The minimum absolute atomic E-state index is 0.193. The van der Waals surface area contributed by atoms with E-state index in [-0.39, 0.29) is 5.82 Å². The molecule has 2 fully saturated rings. The summed E-state index contributed by atoms with van der Waals surface area (Å²) in [6, 6.07) is 13.2. The Morgan fingerprint density at radius 2 is 1.94 bits per heavy atom. The number of nitrogens with two attached hydrogens (primary N) is 1. The summed E-state index contributed by atoms with van der Waals surface area (Å²) in [5, 5.41) is 5.49. The molecule has 2 unspecified atom stereocenters. The third kappa shape index (κ3) is 4.68. The summed E-state index contributed by atoms with van der Waals surface area (Å²) in [4.78, 5) is 2.51. The first-order valence-corrected chi connectivity index (χ1v) is 13.6. The van der Waals surface area contributed by atoms with E-state index >= 15 is 0 Å². The van der Waals surface area contributed by atoms with Crippen LogP contribution in [0.4, 0.5) is 4.39 Å². The average molecular weight is 473 g/mol. The van der Waals surface area contributed by atoms with E-state index in [9.17, 15) is 12.8 Å². The zero-order chi connectivity index (χ0) is 23.1. The summed E-state index contributed by atoms with van der Waals surface area (Å²) in [5.74, 6) is 1.39. The first-order chi connectivity index (χ1) is 15.8. The lowest BCUT2D eigenvalue weighted by Gasteiger charge is -2.39. The lowest BCUT2D eigenvalue weighted by atomic mass is 9.82. The third-order valence-electron chi connectivity index (χ3n) is 8.05. The average Bonchev–Trinajstić information content (AvgIpc) is 3.02. The Morgan fingerprint density at radius 3 is 2.58 bits per heavy atom. The van der Waals surface area contributed by atoms with Crippen LogP contribution >= 0.6 is 0 Å². The van der Waals surface area contributed by atoms with Crippen molar-refractivity contribution in [3.63, 3.8) is 0 Å². The summed E-state index contributed by atoms with van der Waals surface area (Å²) < 4.78 is 43.1. The molecular weight excluding hydrogens is 439 g/mol. The molecular formula is C26H33FN2O3S. The van der Waals surface area contributed by atoms with Gasteiger partial charge in [0.15, 0.2) is 0 Å². The van der Waals surface area contributed by atoms with Gasteiger partial charge in [-0.3, -0.25) is 0 Å². The quantitative estimate of drug-likeness (QED) is 0.599. The van der Waals surface area contributed by atoms with Crippen molar-refractivity contribution in [3.05, 3.63) is 65.0 Å². The van der Waals surface area contributed by atoms with Crippen molar-refractivity contribution in [2.75, 3.05) is 26.2 Å². The van der Waals surface area contributed by atoms with E-state index in [1.54, 1.807) is 12.1 Å². The fourth-order valence-electron chi connectivity index (χ4n) is 5.76. The molecule has 1 saturated heterocycles. The molecule has 5 nitrogen and oxygen atoms in total.